The van der Waals surface area contributed by atoms with Crippen molar-refractivity contribution in [2.24, 2.45) is 0 Å². The minimum atomic E-state index is -0.271. The Morgan fingerprint density at radius 1 is 0.969 bits per heavy atom. The highest BCUT2D eigenvalue weighted by molar-refractivity contribution is 6.07. The number of anilines is 1. The minimum Gasteiger partial charge on any atom is -0.450 e. The maximum atomic E-state index is 13.1. The molecule has 0 aliphatic carbocycles. The molecule has 0 bridgehead atoms. The number of nitrogens with one attached hydrogen (secondary N) is 1. The molecule has 0 spiro atoms. The lowest BCUT2D eigenvalue weighted by Crippen LogP contribution is -2.29. The van der Waals surface area contributed by atoms with Crippen molar-refractivity contribution in [3.8, 4) is 0 Å². The number of fused-ring (bicyclic) bond motifs is 3. The molecule has 3 heterocycles. The molecule has 1 amide bonds. The van der Waals surface area contributed by atoms with Crippen molar-refractivity contribution in [3.63, 3.8) is 0 Å². The first-order valence-corrected chi connectivity index (χ1v) is 11.5. The van der Waals surface area contributed by atoms with Gasteiger partial charge in [0, 0.05) is 25.0 Å². The third-order valence-electron chi connectivity index (χ3n) is 6.19. The van der Waals surface area contributed by atoms with E-state index in [4.69, 9.17) is 9.40 Å². The molecule has 6 heteroatoms. The normalized spacial score (nSPS) is 14.6. The van der Waals surface area contributed by atoms with Gasteiger partial charge in [0.15, 0.2) is 11.4 Å². The number of hydrogen-bond donors (Lipinski definition) is 1. The summed E-state index contributed by atoms with van der Waals surface area (Å²) < 4.78 is 6.17. The van der Waals surface area contributed by atoms with Gasteiger partial charge in [-0.1, -0.05) is 56.2 Å². The van der Waals surface area contributed by atoms with Crippen LogP contribution in [0, 0.1) is 0 Å². The topological polar surface area (TPSA) is 71.3 Å². The van der Waals surface area contributed by atoms with Gasteiger partial charge in [-0.05, 0) is 42.5 Å². The molecule has 6 nitrogen and oxygen atoms in total. The molecule has 1 saturated heterocycles. The van der Waals surface area contributed by atoms with Crippen molar-refractivity contribution in [1.29, 1.82) is 0 Å². The Balaban J connectivity index is 1.50. The van der Waals surface area contributed by atoms with Gasteiger partial charge in [0.25, 0.3) is 5.91 Å². The zero-order chi connectivity index (χ0) is 21.9. The molecule has 1 N–H and O–H groups in total. The van der Waals surface area contributed by atoms with Crippen LogP contribution >= 0.6 is 0 Å². The summed E-state index contributed by atoms with van der Waals surface area (Å²) in [6, 6.07) is 16.1. The molecule has 164 valence electrons. The standard InChI is InChI=1S/C26H28N4O2/c1-2-18-11-13-19(14-12-18)17-27-26(31)24-28-22-20-9-5-6-10-21(20)32-23(22)25(29-24)30-15-7-3-4-8-16-30/h5-6,9-14H,2-4,7-8,15-17H2,1H3,(H,27,31). The Morgan fingerprint density at radius 2 is 1.69 bits per heavy atom. The zero-order valence-electron chi connectivity index (χ0n) is 18.4. The Morgan fingerprint density at radius 3 is 2.44 bits per heavy atom. The molecule has 5 rings (SSSR count). The number of aromatic nitrogens is 2. The van der Waals surface area contributed by atoms with Gasteiger partial charge in [-0.2, -0.15) is 0 Å². The Bertz CT molecular complexity index is 1240. The average molecular weight is 429 g/mol. The number of rotatable bonds is 5. The van der Waals surface area contributed by atoms with E-state index in [-0.39, 0.29) is 11.7 Å². The monoisotopic (exact) mass is 428 g/mol. The highest BCUT2D eigenvalue weighted by Crippen LogP contribution is 2.33. The fraction of sp³-hybridized carbons (Fsp3) is 0.346. The number of carbonyl (C=O) groups excluding carboxylic acids is 1. The first-order valence-electron chi connectivity index (χ1n) is 11.5. The molecule has 2 aromatic carbocycles. The predicted molar refractivity (Wildman–Crippen MR) is 127 cm³/mol. The van der Waals surface area contributed by atoms with Crippen LogP contribution in [0.25, 0.3) is 22.1 Å². The van der Waals surface area contributed by atoms with Crippen molar-refractivity contribution in [2.75, 3.05) is 18.0 Å². The lowest BCUT2D eigenvalue weighted by atomic mass is 10.1. The van der Waals surface area contributed by atoms with E-state index in [0.717, 1.165) is 54.7 Å². The van der Waals surface area contributed by atoms with Gasteiger partial charge >= 0.3 is 0 Å². The number of hydrogen-bond acceptors (Lipinski definition) is 5. The lowest BCUT2D eigenvalue weighted by Gasteiger charge is -2.21. The smallest absolute Gasteiger partial charge is 0.289 e. The summed E-state index contributed by atoms with van der Waals surface area (Å²) in [5, 5.41) is 3.89. The highest BCUT2D eigenvalue weighted by Gasteiger charge is 2.23. The second-order valence-electron chi connectivity index (χ2n) is 8.40. The van der Waals surface area contributed by atoms with Crippen molar-refractivity contribution in [1.82, 2.24) is 15.3 Å². The summed E-state index contributed by atoms with van der Waals surface area (Å²) in [7, 11) is 0. The van der Waals surface area contributed by atoms with Crippen molar-refractivity contribution >= 4 is 33.8 Å². The number of carbonyl (C=O) groups is 1. The molecule has 2 aromatic heterocycles. The zero-order valence-corrected chi connectivity index (χ0v) is 18.4. The van der Waals surface area contributed by atoms with E-state index in [9.17, 15) is 4.79 Å². The molecule has 0 saturated carbocycles. The van der Waals surface area contributed by atoms with E-state index in [2.05, 4.69) is 46.4 Å². The maximum Gasteiger partial charge on any atom is 0.289 e. The van der Waals surface area contributed by atoms with Crippen LogP contribution in [-0.4, -0.2) is 29.0 Å². The summed E-state index contributed by atoms with van der Waals surface area (Å²) in [6.45, 7) is 4.39. The molecule has 0 unspecified atom stereocenters. The number of aryl methyl sites for hydroxylation is 1. The second-order valence-corrected chi connectivity index (χ2v) is 8.40. The molecule has 1 fully saturated rings. The molecule has 32 heavy (non-hydrogen) atoms. The van der Waals surface area contributed by atoms with E-state index in [0.29, 0.717) is 17.6 Å². The molecular weight excluding hydrogens is 400 g/mol. The Hall–Kier alpha value is -3.41. The van der Waals surface area contributed by atoms with Crippen LogP contribution in [0.3, 0.4) is 0 Å². The largest absolute Gasteiger partial charge is 0.450 e. The van der Waals surface area contributed by atoms with E-state index in [1.807, 2.05) is 24.3 Å². The van der Waals surface area contributed by atoms with Gasteiger partial charge in [-0.15, -0.1) is 0 Å². The van der Waals surface area contributed by atoms with Gasteiger partial charge in [0.05, 0.1) is 0 Å². The molecule has 1 aliphatic heterocycles. The van der Waals surface area contributed by atoms with Crippen molar-refractivity contribution in [3.05, 3.63) is 65.5 Å². The third-order valence-corrected chi connectivity index (χ3v) is 6.19. The van der Waals surface area contributed by atoms with Crippen LogP contribution in [-0.2, 0) is 13.0 Å². The van der Waals surface area contributed by atoms with Crippen LogP contribution in [0.15, 0.2) is 52.9 Å². The number of amides is 1. The van der Waals surface area contributed by atoms with Gasteiger partial charge < -0.3 is 14.6 Å². The van der Waals surface area contributed by atoms with E-state index in [1.54, 1.807) is 0 Å². The summed E-state index contributed by atoms with van der Waals surface area (Å²) in [4.78, 5) is 24.7. The molecular formula is C26H28N4O2. The summed E-state index contributed by atoms with van der Waals surface area (Å²) in [5.74, 6) is 0.645. The number of furan rings is 1. The Kier molecular flexibility index (Phi) is 5.75. The van der Waals surface area contributed by atoms with E-state index >= 15 is 0 Å². The van der Waals surface area contributed by atoms with Crippen LogP contribution in [0.1, 0.15) is 54.4 Å². The molecule has 4 aromatic rings. The summed E-state index contributed by atoms with van der Waals surface area (Å²) in [5.41, 5.74) is 4.47. The second kappa shape index (κ2) is 8.99. The summed E-state index contributed by atoms with van der Waals surface area (Å²) in [6.07, 6.45) is 5.66. The van der Waals surface area contributed by atoms with Crippen LogP contribution in [0.2, 0.25) is 0 Å². The lowest BCUT2D eigenvalue weighted by molar-refractivity contribution is 0.0941. The van der Waals surface area contributed by atoms with Crippen LogP contribution in [0.5, 0.6) is 0 Å². The van der Waals surface area contributed by atoms with Gasteiger partial charge in [-0.25, -0.2) is 9.97 Å². The van der Waals surface area contributed by atoms with Gasteiger partial charge in [-0.3, -0.25) is 4.79 Å². The van der Waals surface area contributed by atoms with E-state index < -0.39 is 0 Å². The third kappa shape index (κ3) is 4.05. The highest BCUT2D eigenvalue weighted by atomic mass is 16.3. The molecule has 1 aliphatic rings. The Labute approximate surface area is 187 Å². The number of nitrogens with zero attached hydrogens (tertiary/aromatic N) is 3. The van der Waals surface area contributed by atoms with Gasteiger partial charge in [0.1, 0.15) is 11.1 Å². The predicted octanol–water partition coefficient (Wildman–Crippen LogP) is 5.25. The van der Waals surface area contributed by atoms with Crippen molar-refractivity contribution in [2.45, 2.75) is 45.6 Å². The van der Waals surface area contributed by atoms with Gasteiger partial charge in [0.2, 0.25) is 5.82 Å². The number of para-hydroxylation sites is 1. The summed E-state index contributed by atoms with van der Waals surface area (Å²) >= 11 is 0. The molecule has 0 atom stereocenters. The van der Waals surface area contributed by atoms with Crippen LogP contribution < -0.4 is 10.2 Å². The average Bonchev–Trinajstić information content (AvgIpc) is 3.00. The number of benzene rings is 2. The fourth-order valence-electron chi connectivity index (χ4n) is 4.33. The fourth-order valence-corrected chi connectivity index (χ4v) is 4.33. The maximum absolute atomic E-state index is 13.1. The van der Waals surface area contributed by atoms with Crippen molar-refractivity contribution < 1.29 is 9.21 Å². The molecule has 0 radical (unpaired) electrons. The van der Waals surface area contributed by atoms with Crippen LogP contribution in [0.4, 0.5) is 5.82 Å². The minimum absolute atomic E-state index is 0.188. The SMILES string of the molecule is CCc1ccc(CNC(=O)c2nc(N3CCCCCC3)c3oc4ccccc4c3n2)cc1. The first kappa shape index (κ1) is 20.5. The van der Waals surface area contributed by atoms with E-state index in [1.165, 1.54) is 18.4 Å². The first-order chi connectivity index (χ1) is 15.7. The quantitative estimate of drug-likeness (QED) is 0.470.